The Labute approximate surface area is 105 Å². The van der Waals surface area contributed by atoms with Gasteiger partial charge in [-0.15, -0.1) is 0 Å². The molecular formula is C12H16N4O2. The van der Waals surface area contributed by atoms with Crippen molar-refractivity contribution in [3.05, 3.63) is 18.0 Å². The van der Waals surface area contributed by atoms with Crippen LogP contribution in [0.4, 0.5) is 0 Å². The first-order valence-corrected chi connectivity index (χ1v) is 6.21. The predicted octanol–water partition coefficient (Wildman–Crippen LogP) is 1.67. The van der Waals surface area contributed by atoms with Crippen molar-refractivity contribution in [2.24, 2.45) is 0 Å². The average Bonchev–Trinajstić information content (AvgIpc) is 3.08. The highest BCUT2D eigenvalue weighted by molar-refractivity contribution is 5.46. The Balaban J connectivity index is 1.93. The van der Waals surface area contributed by atoms with Crippen molar-refractivity contribution in [2.75, 3.05) is 13.1 Å². The number of oxazole rings is 1. The van der Waals surface area contributed by atoms with Crippen LogP contribution in [0.2, 0.25) is 0 Å². The Bertz CT molecular complexity index is 540. The number of nitrogens with one attached hydrogen (secondary N) is 1. The zero-order chi connectivity index (χ0) is 12.6. The summed E-state index contributed by atoms with van der Waals surface area (Å²) in [6.45, 7) is 5.83. The predicted molar refractivity (Wildman–Crippen MR) is 64.0 cm³/mol. The molecule has 0 bridgehead atoms. The molecule has 3 heterocycles. The lowest BCUT2D eigenvalue weighted by Crippen LogP contribution is -2.28. The van der Waals surface area contributed by atoms with Gasteiger partial charge in [-0.3, -0.25) is 0 Å². The molecule has 0 aromatic carbocycles. The smallest absolute Gasteiger partial charge is 0.234 e. The van der Waals surface area contributed by atoms with Gasteiger partial charge in [0.2, 0.25) is 11.7 Å². The van der Waals surface area contributed by atoms with E-state index in [1.807, 2.05) is 0 Å². The van der Waals surface area contributed by atoms with Crippen LogP contribution in [-0.2, 0) is 5.41 Å². The molecule has 0 spiro atoms. The zero-order valence-electron chi connectivity index (χ0n) is 10.6. The summed E-state index contributed by atoms with van der Waals surface area (Å²) in [4.78, 5) is 8.68. The van der Waals surface area contributed by atoms with Crippen molar-refractivity contribution < 1.29 is 8.94 Å². The lowest BCUT2D eigenvalue weighted by molar-refractivity contribution is 0.285. The van der Waals surface area contributed by atoms with Crippen LogP contribution in [0.1, 0.15) is 31.5 Å². The maximum absolute atomic E-state index is 5.42. The van der Waals surface area contributed by atoms with Crippen molar-refractivity contribution >= 4 is 0 Å². The Hall–Kier alpha value is -1.69. The van der Waals surface area contributed by atoms with E-state index in [2.05, 4.69) is 27.4 Å². The van der Waals surface area contributed by atoms with E-state index in [0.29, 0.717) is 23.3 Å². The van der Waals surface area contributed by atoms with E-state index in [0.717, 1.165) is 25.9 Å². The van der Waals surface area contributed by atoms with Crippen LogP contribution < -0.4 is 5.32 Å². The summed E-state index contributed by atoms with van der Waals surface area (Å²) >= 11 is 0. The highest BCUT2D eigenvalue weighted by Gasteiger charge is 2.39. The van der Waals surface area contributed by atoms with Crippen LogP contribution in [0.15, 0.2) is 15.2 Å². The lowest BCUT2D eigenvalue weighted by Gasteiger charge is -2.20. The van der Waals surface area contributed by atoms with Crippen molar-refractivity contribution in [3.63, 3.8) is 0 Å². The SMILES string of the molecule is CCC1(c2nc(-c3coc(C)n3)no2)CCNC1. The molecule has 1 aliphatic heterocycles. The van der Waals surface area contributed by atoms with Crippen LogP contribution in [0.5, 0.6) is 0 Å². The Morgan fingerprint density at radius 2 is 2.33 bits per heavy atom. The van der Waals surface area contributed by atoms with Gasteiger partial charge in [-0.05, 0) is 19.4 Å². The molecule has 0 saturated carbocycles. The van der Waals surface area contributed by atoms with Crippen molar-refractivity contribution in [2.45, 2.75) is 32.1 Å². The number of hydrogen-bond acceptors (Lipinski definition) is 6. The molecule has 0 radical (unpaired) electrons. The maximum Gasteiger partial charge on any atom is 0.234 e. The molecule has 6 nitrogen and oxygen atoms in total. The molecule has 2 aromatic heterocycles. The molecule has 0 aliphatic carbocycles. The first-order valence-electron chi connectivity index (χ1n) is 6.21. The fraction of sp³-hybridized carbons (Fsp3) is 0.583. The molecule has 6 heteroatoms. The fourth-order valence-electron chi connectivity index (χ4n) is 2.39. The molecule has 96 valence electrons. The zero-order valence-corrected chi connectivity index (χ0v) is 10.6. The minimum Gasteiger partial charge on any atom is -0.449 e. The molecule has 1 aliphatic rings. The van der Waals surface area contributed by atoms with Gasteiger partial charge in [0.25, 0.3) is 0 Å². The molecule has 1 N–H and O–H groups in total. The third-order valence-corrected chi connectivity index (χ3v) is 3.65. The first-order chi connectivity index (χ1) is 8.73. The molecule has 1 fully saturated rings. The van der Waals surface area contributed by atoms with Crippen LogP contribution in [0, 0.1) is 6.92 Å². The highest BCUT2D eigenvalue weighted by Crippen LogP contribution is 2.33. The molecule has 18 heavy (non-hydrogen) atoms. The number of aryl methyl sites for hydroxylation is 1. The third kappa shape index (κ3) is 1.73. The molecular weight excluding hydrogens is 232 g/mol. The Kier molecular flexibility index (Phi) is 2.66. The van der Waals surface area contributed by atoms with E-state index in [1.165, 1.54) is 0 Å². The number of hydrogen-bond donors (Lipinski definition) is 1. The normalized spacial score (nSPS) is 23.7. The summed E-state index contributed by atoms with van der Waals surface area (Å²) in [5.41, 5.74) is 0.601. The van der Waals surface area contributed by atoms with Crippen LogP contribution in [-0.4, -0.2) is 28.2 Å². The average molecular weight is 248 g/mol. The second kappa shape index (κ2) is 4.20. The van der Waals surface area contributed by atoms with Gasteiger partial charge in [-0.2, -0.15) is 4.98 Å². The minimum atomic E-state index is -0.0238. The molecule has 2 aromatic rings. The van der Waals surface area contributed by atoms with Crippen LogP contribution >= 0.6 is 0 Å². The second-order valence-electron chi connectivity index (χ2n) is 4.74. The Morgan fingerprint density at radius 3 is 2.94 bits per heavy atom. The topological polar surface area (TPSA) is 77.0 Å². The van der Waals surface area contributed by atoms with Crippen molar-refractivity contribution in [3.8, 4) is 11.5 Å². The summed E-state index contributed by atoms with van der Waals surface area (Å²) in [5, 5.41) is 7.35. The van der Waals surface area contributed by atoms with Gasteiger partial charge in [0.1, 0.15) is 12.0 Å². The van der Waals surface area contributed by atoms with Gasteiger partial charge >= 0.3 is 0 Å². The molecule has 0 amide bonds. The fourth-order valence-corrected chi connectivity index (χ4v) is 2.39. The van der Waals surface area contributed by atoms with Crippen molar-refractivity contribution in [1.82, 2.24) is 20.4 Å². The van der Waals surface area contributed by atoms with E-state index < -0.39 is 0 Å². The van der Waals surface area contributed by atoms with Gasteiger partial charge in [0.15, 0.2) is 5.89 Å². The minimum absolute atomic E-state index is 0.0238. The largest absolute Gasteiger partial charge is 0.449 e. The highest BCUT2D eigenvalue weighted by atomic mass is 16.5. The van der Waals surface area contributed by atoms with E-state index in [9.17, 15) is 0 Å². The third-order valence-electron chi connectivity index (χ3n) is 3.65. The van der Waals surface area contributed by atoms with E-state index >= 15 is 0 Å². The van der Waals surface area contributed by atoms with Crippen LogP contribution in [0.3, 0.4) is 0 Å². The maximum atomic E-state index is 5.42. The second-order valence-corrected chi connectivity index (χ2v) is 4.74. The lowest BCUT2D eigenvalue weighted by atomic mass is 9.84. The van der Waals surface area contributed by atoms with E-state index in [4.69, 9.17) is 8.94 Å². The van der Waals surface area contributed by atoms with Gasteiger partial charge in [-0.1, -0.05) is 12.1 Å². The molecule has 1 atom stereocenters. The van der Waals surface area contributed by atoms with Crippen molar-refractivity contribution in [1.29, 1.82) is 0 Å². The number of nitrogens with zero attached hydrogens (tertiary/aromatic N) is 3. The summed E-state index contributed by atoms with van der Waals surface area (Å²) in [6, 6.07) is 0. The quantitative estimate of drug-likeness (QED) is 0.890. The number of rotatable bonds is 3. The van der Waals surface area contributed by atoms with Crippen LogP contribution in [0.25, 0.3) is 11.5 Å². The van der Waals surface area contributed by atoms with E-state index in [1.54, 1.807) is 13.2 Å². The number of aromatic nitrogens is 3. The van der Waals surface area contributed by atoms with Gasteiger partial charge in [0, 0.05) is 13.5 Å². The van der Waals surface area contributed by atoms with Gasteiger partial charge in [-0.25, -0.2) is 4.98 Å². The molecule has 1 unspecified atom stereocenters. The first kappa shape index (κ1) is 11.4. The van der Waals surface area contributed by atoms with Gasteiger partial charge < -0.3 is 14.3 Å². The summed E-state index contributed by atoms with van der Waals surface area (Å²) < 4.78 is 10.6. The summed E-state index contributed by atoms with van der Waals surface area (Å²) in [6.07, 6.45) is 3.57. The standard InChI is InChI=1S/C12H16N4O2/c1-3-12(4-5-13-7-12)11-15-10(16-18-11)9-6-17-8(2)14-9/h6,13H,3-5,7H2,1-2H3. The molecule has 1 saturated heterocycles. The van der Waals surface area contributed by atoms with Gasteiger partial charge in [0.05, 0.1) is 5.41 Å². The molecule has 3 rings (SSSR count). The monoisotopic (exact) mass is 248 g/mol. The van der Waals surface area contributed by atoms with E-state index in [-0.39, 0.29) is 5.41 Å². The Morgan fingerprint density at radius 1 is 1.44 bits per heavy atom. The summed E-state index contributed by atoms with van der Waals surface area (Å²) in [5.74, 6) is 1.80. The summed E-state index contributed by atoms with van der Waals surface area (Å²) in [7, 11) is 0.